The molecule has 0 aliphatic heterocycles. The van der Waals surface area contributed by atoms with Crippen LogP contribution in [0.5, 0.6) is 0 Å². The van der Waals surface area contributed by atoms with Crippen LogP contribution in [0.2, 0.25) is 0 Å². The maximum absolute atomic E-state index is 10.8. The minimum Gasteiger partial charge on any atom is -0.368 e. The van der Waals surface area contributed by atoms with Gasteiger partial charge < -0.3 is 11.1 Å². The highest BCUT2D eigenvalue weighted by atomic mass is 32.1. The second-order valence-electron chi connectivity index (χ2n) is 2.34. The molecule has 12 heavy (non-hydrogen) atoms. The van der Waals surface area contributed by atoms with Gasteiger partial charge in [-0.05, 0) is 6.42 Å². The molecule has 0 aliphatic carbocycles. The van der Waals surface area contributed by atoms with Crippen molar-refractivity contribution in [3.63, 3.8) is 0 Å². The molecule has 1 atom stereocenters. The number of nitrogens with zero attached hydrogens (tertiary/aromatic N) is 1. The van der Waals surface area contributed by atoms with Gasteiger partial charge in [0.2, 0.25) is 5.91 Å². The van der Waals surface area contributed by atoms with Crippen molar-refractivity contribution in [1.82, 2.24) is 4.98 Å². The van der Waals surface area contributed by atoms with Crippen LogP contribution in [0.3, 0.4) is 0 Å². The van der Waals surface area contributed by atoms with Gasteiger partial charge in [0.15, 0.2) is 5.13 Å². The summed E-state index contributed by atoms with van der Waals surface area (Å²) in [6.45, 7) is 1.90. The summed E-state index contributed by atoms with van der Waals surface area (Å²) in [5.41, 5.74) is 5.14. The van der Waals surface area contributed by atoms with Crippen molar-refractivity contribution < 1.29 is 4.79 Å². The molecular weight excluding hydrogens is 174 g/mol. The van der Waals surface area contributed by atoms with E-state index in [0.29, 0.717) is 6.42 Å². The van der Waals surface area contributed by atoms with Gasteiger partial charge in [0.05, 0.1) is 0 Å². The maximum Gasteiger partial charge on any atom is 0.239 e. The summed E-state index contributed by atoms with van der Waals surface area (Å²) in [5.74, 6) is -0.340. The number of nitrogens with two attached hydrogens (primary N) is 1. The number of primary amides is 1. The van der Waals surface area contributed by atoms with E-state index in [1.54, 1.807) is 6.20 Å². The van der Waals surface area contributed by atoms with Gasteiger partial charge in [-0.1, -0.05) is 6.92 Å². The first kappa shape index (κ1) is 8.99. The van der Waals surface area contributed by atoms with E-state index >= 15 is 0 Å². The third-order valence-corrected chi connectivity index (χ3v) is 2.19. The Morgan fingerprint density at radius 1 is 1.92 bits per heavy atom. The molecule has 1 rings (SSSR count). The molecule has 0 bridgehead atoms. The summed E-state index contributed by atoms with van der Waals surface area (Å²) in [6, 6.07) is -0.309. The SMILES string of the molecule is CCC(Nc1nccs1)C(N)=O. The first-order chi connectivity index (χ1) is 5.74. The van der Waals surface area contributed by atoms with Crippen molar-refractivity contribution in [2.45, 2.75) is 19.4 Å². The maximum atomic E-state index is 10.8. The second-order valence-corrected chi connectivity index (χ2v) is 3.24. The highest BCUT2D eigenvalue weighted by Crippen LogP contribution is 2.12. The lowest BCUT2D eigenvalue weighted by Crippen LogP contribution is -2.34. The van der Waals surface area contributed by atoms with Gasteiger partial charge in [0.25, 0.3) is 0 Å². The van der Waals surface area contributed by atoms with E-state index in [1.807, 2.05) is 12.3 Å². The molecule has 0 saturated heterocycles. The molecular formula is C7H11N3OS. The molecule has 66 valence electrons. The molecule has 1 aromatic rings. The van der Waals surface area contributed by atoms with Crippen LogP contribution < -0.4 is 11.1 Å². The number of carbonyl (C=O) groups is 1. The molecule has 1 heterocycles. The summed E-state index contributed by atoms with van der Waals surface area (Å²) in [4.78, 5) is 14.8. The highest BCUT2D eigenvalue weighted by molar-refractivity contribution is 7.13. The van der Waals surface area contributed by atoms with Crippen LogP contribution in [0.4, 0.5) is 5.13 Å². The first-order valence-corrected chi connectivity index (χ1v) is 4.57. The zero-order valence-electron chi connectivity index (χ0n) is 6.78. The third-order valence-electron chi connectivity index (χ3n) is 1.48. The number of rotatable bonds is 4. The molecule has 0 aliphatic rings. The molecule has 1 unspecified atom stereocenters. The molecule has 1 amide bonds. The van der Waals surface area contributed by atoms with Gasteiger partial charge in [-0.15, -0.1) is 11.3 Å². The van der Waals surface area contributed by atoms with Crippen LogP contribution in [0.15, 0.2) is 11.6 Å². The fourth-order valence-electron chi connectivity index (χ4n) is 0.818. The monoisotopic (exact) mass is 185 g/mol. The minimum absolute atomic E-state index is 0.309. The smallest absolute Gasteiger partial charge is 0.239 e. The Morgan fingerprint density at radius 2 is 2.67 bits per heavy atom. The van der Waals surface area contributed by atoms with Crippen LogP contribution in [-0.4, -0.2) is 16.9 Å². The van der Waals surface area contributed by atoms with E-state index in [9.17, 15) is 4.79 Å². The fourth-order valence-corrected chi connectivity index (χ4v) is 1.40. The fraction of sp³-hybridized carbons (Fsp3) is 0.429. The van der Waals surface area contributed by atoms with Crippen molar-refractivity contribution in [3.8, 4) is 0 Å². The van der Waals surface area contributed by atoms with Crippen molar-refractivity contribution >= 4 is 22.4 Å². The van der Waals surface area contributed by atoms with Crippen LogP contribution in [0.25, 0.3) is 0 Å². The van der Waals surface area contributed by atoms with Crippen molar-refractivity contribution in [2.24, 2.45) is 5.73 Å². The van der Waals surface area contributed by atoms with E-state index in [0.717, 1.165) is 5.13 Å². The van der Waals surface area contributed by atoms with Crippen LogP contribution >= 0.6 is 11.3 Å². The topological polar surface area (TPSA) is 68.0 Å². The molecule has 0 fully saturated rings. The third kappa shape index (κ3) is 2.20. The Bertz CT molecular complexity index is 247. The number of hydrogen-bond donors (Lipinski definition) is 2. The molecule has 0 saturated carbocycles. The van der Waals surface area contributed by atoms with E-state index in [4.69, 9.17) is 5.73 Å². The lowest BCUT2D eigenvalue weighted by Gasteiger charge is -2.10. The Balaban J connectivity index is 2.54. The van der Waals surface area contributed by atoms with Crippen molar-refractivity contribution in [1.29, 1.82) is 0 Å². The zero-order valence-corrected chi connectivity index (χ0v) is 7.60. The van der Waals surface area contributed by atoms with Crippen LogP contribution in [0.1, 0.15) is 13.3 Å². The Morgan fingerprint density at radius 3 is 3.08 bits per heavy atom. The summed E-state index contributed by atoms with van der Waals surface area (Å²) < 4.78 is 0. The van der Waals surface area contributed by atoms with Gasteiger partial charge in [-0.2, -0.15) is 0 Å². The molecule has 0 radical (unpaired) electrons. The largest absolute Gasteiger partial charge is 0.368 e. The molecule has 5 heteroatoms. The van der Waals surface area contributed by atoms with Gasteiger partial charge >= 0.3 is 0 Å². The Labute approximate surface area is 74.8 Å². The average Bonchev–Trinajstić information content (AvgIpc) is 2.51. The number of carbonyl (C=O) groups excluding carboxylic acids is 1. The van der Waals surface area contributed by atoms with Crippen LogP contribution in [0, 0.1) is 0 Å². The lowest BCUT2D eigenvalue weighted by atomic mass is 10.2. The predicted octanol–water partition coefficient (Wildman–Crippen LogP) is 0.819. The Kier molecular flexibility index (Phi) is 3.04. The summed E-state index contributed by atoms with van der Waals surface area (Å²) >= 11 is 1.45. The van der Waals surface area contributed by atoms with Crippen LogP contribution in [-0.2, 0) is 4.79 Å². The van der Waals surface area contributed by atoms with Gasteiger partial charge in [-0.3, -0.25) is 4.79 Å². The predicted molar refractivity (Wildman–Crippen MR) is 49.0 cm³/mol. The quantitative estimate of drug-likeness (QED) is 0.729. The number of anilines is 1. The number of aromatic nitrogens is 1. The van der Waals surface area contributed by atoms with E-state index in [1.165, 1.54) is 11.3 Å². The molecule has 1 aromatic heterocycles. The number of nitrogens with one attached hydrogen (secondary N) is 1. The van der Waals surface area contributed by atoms with E-state index < -0.39 is 0 Å². The average molecular weight is 185 g/mol. The molecule has 0 aromatic carbocycles. The van der Waals surface area contributed by atoms with Gasteiger partial charge in [-0.25, -0.2) is 4.98 Å². The summed E-state index contributed by atoms with van der Waals surface area (Å²) in [5, 5.41) is 5.52. The number of hydrogen-bond acceptors (Lipinski definition) is 4. The van der Waals surface area contributed by atoms with Crippen molar-refractivity contribution in [3.05, 3.63) is 11.6 Å². The standard InChI is InChI=1S/C7H11N3OS/c1-2-5(6(8)11)10-7-9-3-4-12-7/h3-5H,2H2,1H3,(H2,8,11)(H,9,10). The summed E-state index contributed by atoms with van der Waals surface area (Å²) in [6.07, 6.45) is 2.36. The molecule has 3 N–H and O–H groups in total. The second kappa shape index (κ2) is 4.06. The first-order valence-electron chi connectivity index (χ1n) is 3.69. The molecule has 4 nitrogen and oxygen atoms in total. The number of amides is 1. The normalized spacial score (nSPS) is 12.4. The Hall–Kier alpha value is -1.10. The van der Waals surface area contributed by atoms with E-state index in [2.05, 4.69) is 10.3 Å². The minimum atomic E-state index is -0.340. The van der Waals surface area contributed by atoms with E-state index in [-0.39, 0.29) is 11.9 Å². The number of thiazole rings is 1. The van der Waals surface area contributed by atoms with Crippen molar-refractivity contribution in [2.75, 3.05) is 5.32 Å². The lowest BCUT2D eigenvalue weighted by molar-refractivity contribution is -0.118. The molecule has 0 spiro atoms. The highest BCUT2D eigenvalue weighted by Gasteiger charge is 2.12. The summed E-state index contributed by atoms with van der Waals surface area (Å²) in [7, 11) is 0. The van der Waals surface area contributed by atoms with Gasteiger partial charge in [0.1, 0.15) is 6.04 Å². The van der Waals surface area contributed by atoms with Gasteiger partial charge in [0, 0.05) is 11.6 Å². The zero-order chi connectivity index (χ0) is 8.97.